The number of alkyl halides is 3. The van der Waals surface area contributed by atoms with Crippen LogP contribution in [0, 0.1) is 5.92 Å². The molecule has 2 N–H and O–H groups in total. The zero-order valence-corrected chi connectivity index (χ0v) is 28.4. The van der Waals surface area contributed by atoms with Crippen LogP contribution in [-0.4, -0.2) is 100 Å². The number of halogens is 4. The number of alkyl carbamates (subject to hydrolysis) is 1. The molecule has 3 amide bonds. The number of ether oxygens (including phenoxy) is 4. The van der Waals surface area contributed by atoms with Gasteiger partial charge in [-0.15, -0.1) is 12.4 Å². The molecule has 0 spiro atoms. The highest BCUT2D eigenvalue weighted by atomic mass is 35.5. The fourth-order valence-corrected chi connectivity index (χ4v) is 6.25. The molecule has 47 heavy (non-hydrogen) atoms. The van der Waals surface area contributed by atoms with Crippen molar-refractivity contribution in [3.63, 3.8) is 0 Å². The largest absolute Gasteiger partial charge is 0.472 e. The highest BCUT2D eigenvalue weighted by Gasteiger charge is 2.48. The third kappa shape index (κ3) is 9.64. The van der Waals surface area contributed by atoms with E-state index in [2.05, 4.69) is 10.6 Å². The minimum Gasteiger partial charge on any atom is -0.472 e. The molecule has 2 saturated heterocycles. The second-order valence-electron chi connectivity index (χ2n) is 12.7. The van der Waals surface area contributed by atoms with Gasteiger partial charge in [-0.3, -0.25) is 9.59 Å². The van der Waals surface area contributed by atoms with Crippen molar-refractivity contribution in [3.8, 4) is 5.75 Å². The molecule has 4 rings (SSSR count). The van der Waals surface area contributed by atoms with E-state index in [0.29, 0.717) is 52.2 Å². The lowest BCUT2D eigenvalue weighted by Crippen LogP contribution is -2.58. The molecule has 0 aliphatic carbocycles. The molecule has 2 atom stereocenters. The second kappa shape index (κ2) is 17.0. The van der Waals surface area contributed by atoms with Crippen molar-refractivity contribution < 1.29 is 46.5 Å². The van der Waals surface area contributed by atoms with E-state index in [1.165, 1.54) is 16.7 Å². The van der Waals surface area contributed by atoms with E-state index >= 15 is 0 Å². The minimum absolute atomic E-state index is 0. The summed E-state index contributed by atoms with van der Waals surface area (Å²) in [5.74, 6) is -1.34. The first-order chi connectivity index (χ1) is 21.9. The summed E-state index contributed by atoms with van der Waals surface area (Å²) in [6, 6.07) is 1.27. The molecule has 0 aromatic heterocycles. The number of nitrogens with zero attached hydrogens (tertiary/aromatic N) is 2. The van der Waals surface area contributed by atoms with Crippen molar-refractivity contribution in [2.45, 2.75) is 83.2 Å². The lowest BCUT2D eigenvalue weighted by atomic mass is 9.96. The first-order valence-electron chi connectivity index (χ1n) is 16.1. The van der Waals surface area contributed by atoms with Gasteiger partial charge in [-0.1, -0.05) is 0 Å². The van der Waals surface area contributed by atoms with E-state index in [9.17, 15) is 27.6 Å². The van der Waals surface area contributed by atoms with Crippen molar-refractivity contribution in [3.05, 3.63) is 23.3 Å². The van der Waals surface area contributed by atoms with Crippen LogP contribution in [0.15, 0.2) is 12.1 Å². The average molecular weight is 693 g/mol. The summed E-state index contributed by atoms with van der Waals surface area (Å²) >= 11 is 0. The summed E-state index contributed by atoms with van der Waals surface area (Å²) in [6.07, 6.45) is -1.54. The quantitative estimate of drug-likeness (QED) is 0.300. The molecule has 2 fully saturated rings. The van der Waals surface area contributed by atoms with Crippen LogP contribution in [0.25, 0.3) is 0 Å². The molecule has 0 saturated carbocycles. The lowest BCUT2D eigenvalue weighted by molar-refractivity contribution is -0.139. The number of hydrogen-bond donors (Lipinski definition) is 2. The fraction of sp³-hybridized carbons (Fsp3) is 0.719. The third-order valence-corrected chi connectivity index (χ3v) is 8.75. The number of fused-ring (bicyclic) bond motifs is 1. The standard InChI is InChI=1S/C32H47F3N4O7.ClH/c1-21(2)39(23-8-7-11-36-19-23)28(40)24-16-26-27(17-25(24)32(33,34)35)46-31(3,29(41)38(26)12-5-6-13-43-4)20-45-30(42)37-18-22-9-14-44-15-10-22;/h16-17,21-23,36H,5-15,18-20H2,1-4H3,(H,37,42);1H/t23-,31?;/m1./s1. The SMILES string of the molecule is COCCCCN1C(=O)C(C)(COC(=O)NCC2CCOCC2)Oc2cc(C(F)(F)F)c(C(=O)N(C(C)C)[C@@H]3CCCNC3)cc21.Cl. The number of nitrogens with one attached hydrogen (secondary N) is 2. The molecule has 3 aliphatic rings. The normalized spacial score (nSPS) is 21.8. The van der Waals surface area contributed by atoms with Crippen LogP contribution < -0.4 is 20.3 Å². The zero-order chi connectivity index (χ0) is 33.5. The molecule has 266 valence electrons. The van der Waals surface area contributed by atoms with Gasteiger partial charge in [0.2, 0.25) is 5.60 Å². The monoisotopic (exact) mass is 692 g/mol. The maximum absolute atomic E-state index is 14.6. The third-order valence-electron chi connectivity index (χ3n) is 8.75. The van der Waals surface area contributed by atoms with Gasteiger partial charge in [-0.2, -0.15) is 13.2 Å². The van der Waals surface area contributed by atoms with Gasteiger partial charge in [0.15, 0.2) is 0 Å². The van der Waals surface area contributed by atoms with Gasteiger partial charge in [0.25, 0.3) is 11.8 Å². The summed E-state index contributed by atoms with van der Waals surface area (Å²) in [6.45, 7) is 7.81. The number of carbonyl (C=O) groups excluding carboxylic acids is 3. The first-order valence-corrected chi connectivity index (χ1v) is 16.1. The Hall–Kier alpha value is -2.81. The molecule has 0 radical (unpaired) electrons. The molecule has 3 heterocycles. The molecule has 11 nitrogen and oxygen atoms in total. The number of methoxy groups -OCH3 is 1. The fourth-order valence-electron chi connectivity index (χ4n) is 6.25. The highest BCUT2D eigenvalue weighted by Crippen LogP contribution is 2.45. The van der Waals surface area contributed by atoms with Gasteiger partial charge in [0, 0.05) is 58.6 Å². The predicted octanol–water partition coefficient (Wildman–Crippen LogP) is 4.79. The Morgan fingerprint density at radius 3 is 2.53 bits per heavy atom. The van der Waals surface area contributed by atoms with Gasteiger partial charge in [0.1, 0.15) is 12.4 Å². The topological polar surface area (TPSA) is 119 Å². The van der Waals surface area contributed by atoms with Crippen molar-refractivity contribution in [2.24, 2.45) is 5.92 Å². The van der Waals surface area contributed by atoms with Crippen LogP contribution in [-0.2, 0) is 25.2 Å². The number of carbonyl (C=O) groups is 3. The van der Waals surface area contributed by atoms with Crippen LogP contribution in [0.1, 0.15) is 75.2 Å². The zero-order valence-electron chi connectivity index (χ0n) is 27.6. The highest BCUT2D eigenvalue weighted by molar-refractivity contribution is 6.05. The number of anilines is 1. The van der Waals surface area contributed by atoms with E-state index in [4.69, 9.17) is 18.9 Å². The minimum atomic E-state index is -4.89. The number of rotatable bonds is 12. The Morgan fingerprint density at radius 1 is 1.19 bits per heavy atom. The van der Waals surface area contributed by atoms with Gasteiger partial charge >= 0.3 is 12.3 Å². The van der Waals surface area contributed by atoms with Gasteiger partial charge in [-0.05, 0) is 83.9 Å². The van der Waals surface area contributed by atoms with Crippen molar-refractivity contribution in [2.75, 3.05) is 64.6 Å². The van der Waals surface area contributed by atoms with Crippen molar-refractivity contribution in [1.82, 2.24) is 15.5 Å². The average Bonchev–Trinajstić information content (AvgIpc) is 3.02. The Balaban J connectivity index is 0.00000600. The van der Waals surface area contributed by atoms with Crippen LogP contribution in [0.4, 0.5) is 23.7 Å². The van der Waals surface area contributed by atoms with Crippen molar-refractivity contribution in [1.29, 1.82) is 0 Å². The van der Waals surface area contributed by atoms with E-state index in [0.717, 1.165) is 37.9 Å². The molecule has 15 heteroatoms. The van der Waals surface area contributed by atoms with Crippen LogP contribution in [0.5, 0.6) is 5.75 Å². The molecule has 0 bridgehead atoms. The number of piperidine rings is 1. The predicted molar refractivity (Wildman–Crippen MR) is 171 cm³/mol. The number of hydrogen-bond acceptors (Lipinski definition) is 8. The smallest absolute Gasteiger partial charge is 0.417 e. The lowest BCUT2D eigenvalue weighted by Gasteiger charge is -2.41. The second-order valence-corrected chi connectivity index (χ2v) is 12.7. The number of benzene rings is 1. The Morgan fingerprint density at radius 2 is 1.91 bits per heavy atom. The van der Waals surface area contributed by atoms with E-state index < -0.39 is 47.4 Å². The molecular formula is C32H48ClF3N4O7. The van der Waals surface area contributed by atoms with Crippen LogP contribution in [0.3, 0.4) is 0 Å². The summed E-state index contributed by atoms with van der Waals surface area (Å²) in [5.41, 5.74) is -3.45. The van der Waals surface area contributed by atoms with Gasteiger partial charge < -0.3 is 39.4 Å². The number of unbranched alkanes of at least 4 members (excludes halogenated alkanes) is 1. The Bertz CT molecular complexity index is 1230. The molecule has 1 unspecified atom stereocenters. The first kappa shape index (κ1) is 38.6. The molecule has 3 aliphatic heterocycles. The van der Waals surface area contributed by atoms with Gasteiger partial charge in [-0.25, -0.2) is 4.79 Å². The van der Waals surface area contributed by atoms with E-state index in [-0.39, 0.29) is 48.4 Å². The summed E-state index contributed by atoms with van der Waals surface area (Å²) in [5, 5.41) is 5.92. The maximum Gasteiger partial charge on any atom is 0.417 e. The summed E-state index contributed by atoms with van der Waals surface area (Å²) in [7, 11) is 1.55. The van der Waals surface area contributed by atoms with Crippen LogP contribution in [0.2, 0.25) is 0 Å². The van der Waals surface area contributed by atoms with E-state index in [1.807, 2.05) is 0 Å². The Labute approximate surface area is 280 Å². The summed E-state index contributed by atoms with van der Waals surface area (Å²) in [4.78, 5) is 43.3. The van der Waals surface area contributed by atoms with Gasteiger partial charge in [0.05, 0.1) is 16.8 Å². The van der Waals surface area contributed by atoms with Crippen LogP contribution >= 0.6 is 12.4 Å². The van der Waals surface area contributed by atoms with Crippen molar-refractivity contribution >= 4 is 36.0 Å². The maximum atomic E-state index is 14.6. The Kier molecular flexibility index (Phi) is 14.0. The molecule has 1 aromatic carbocycles. The summed E-state index contributed by atoms with van der Waals surface area (Å²) < 4.78 is 65.6. The molecular weight excluding hydrogens is 645 g/mol. The number of amides is 3. The molecule has 1 aromatic rings. The van der Waals surface area contributed by atoms with E-state index in [1.54, 1.807) is 21.0 Å².